The van der Waals surface area contributed by atoms with Gasteiger partial charge >= 0.3 is 0 Å². The summed E-state index contributed by atoms with van der Waals surface area (Å²) >= 11 is 0. The summed E-state index contributed by atoms with van der Waals surface area (Å²) in [7, 11) is 0. The van der Waals surface area contributed by atoms with Crippen LogP contribution < -0.4 is 0 Å². The topological polar surface area (TPSA) is 17.1 Å². The fraction of sp³-hybridized carbons (Fsp3) is 0.545. The Kier molecular flexibility index (Phi) is 6.35. The van der Waals surface area contributed by atoms with Gasteiger partial charge in [0.1, 0.15) is 5.78 Å². The van der Waals surface area contributed by atoms with E-state index in [1.807, 2.05) is 6.08 Å². The lowest BCUT2D eigenvalue weighted by atomic mass is 10.1. The molecule has 1 nitrogen and oxygen atoms in total. The van der Waals surface area contributed by atoms with Gasteiger partial charge in [-0.2, -0.15) is 0 Å². The van der Waals surface area contributed by atoms with E-state index in [1.165, 1.54) is 5.57 Å². The molecule has 0 aromatic rings. The Morgan fingerprint density at radius 3 is 2.50 bits per heavy atom. The third-order valence-corrected chi connectivity index (χ3v) is 1.72. The molecule has 0 aromatic heterocycles. The highest BCUT2D eigenvalue weighted by atomic mass is 16.1. The molecule has 0 aliphatic carbocycles. The fourth-order valence-electron chi connectivity index (χ4n) is 0.938. The third kappa shape index (κ3) is 5.90. The van der Waals surface area contributed by atoms with E-state index in [4.69, 9.17) is 0 Å². The normalized spacial score (nSPS) is 11.3. The molecular formula is C11H18O. The van der Waals surface area contributed by atoms with Crippen molar-refractivity contribution in [2.45, 2.75) is 39.5 Å². The van der Waals surface area contributed by atoms with E-state index in [2.05, 4.69) is 19.6 Å². The molecule has 68 valence electrons. The maximum Gasteiger partial charge on any atom is 0.130 e. The molecule has 0 aromatic carbocycles. The van der Waals surface area contributed by atoms with Crippen molar-refractivity contribution in [2.24, 2.45) is 0 Å². The van der Waals surface area contributed by atoms with Crippen LogP contribution in [0.3, 0.4) is 0 Å². The highest BCUT2D eigenvalue weighted by molar-refractivity contribution is 5.75. The number of ketones is 1. The Labute approximate surface area is 75.2 Å². The molecular weight excluding hydrogens is 148 g/mol. The van der Waals surface area contributed by atoms with E-state index in [-0.39, 0.29) is 5.78 Å². The van der Waals surface area contributed by atoms with E-state index in [1.54, 1.807) is 6.92 Å². The number of allylic oxidation sites excluding steroid dienone is 3. The van der Waals surface area contributed by atoms with Gasteiger partial charge in [0.25, 0.3) is 0 Å². The molecule has 0 aliphatic rings. The van der Waals surface area contributed by atoms with E-state index in [9.17, 15) is 4.79 Å². The first kappa shape index (κ1) is 11.2. The van der Waals surface area contributed by atoms with Crippen LogP contribution in [0.1, 0.15) is 39.5 Å². The van der Waals surface area contributed by atoms with Crippen LogP contribution in [-0.4, -0.2) is 5.78 Å². The number of unbranched alkanes of at least 4 members (excludes halogenated alkanes) is 1. The zero-order valence-electron chi connectivity index (χ0n) is 8.10. The lowest BCUT2D eigenvalue weighted by molar-refractivity contribution is -0.116. The molecule has 1 heteroatoms. The number of hydrogen-bond donors (Lipinski definition) is 0. The van der Waals surface area contributed by atoms with Gasteiger partial charge < -0.3 is 4.79 Å². The van der Waals surface area contributed by atoms with Crippen molar-refractivity contribution in [1.82, 2.24) is 0 Å². The molecule has 0 heterocycles. The van der Waals surface area contributed by atoms with Crippen molar-refractivity contribution in [2.75, 3.05) is 0 Å². The van der Waals surface area contributed by atoms with Crippen molar-refractivity contribution in [3.8, 4) is 0 Å². The Morgan fingerprint density at radius 2 is 2.08 bits per heavy atom. The van der Waals surface area contributed by atoms with Crippen molar-refractivity contribution >= 4 is 5.78 Å². The standard InChI is InChI=1S/C11H18O/c1-4-6-7-11(5-2)9-8-10(3)12/h5,7H,2,4,6,8-9H2,1,3H3/b11-7+. The number of Topliss-reactive ketones (excluding diaryl/α,β-unsaturated/α-hetero) is 1. The molecule has 0 unspecified atom stereocenters. The number of rotatable bonds is 6. The lowest BCUT2D eigenvalue weighted by Gasteiger charge is -1.98. The second-order valence-corrected chi connectivity index (χ2v) is 2.97. The molecule has 0 amide bonds. The van der Waals surface area contributed by atoms with E-state index >= 15 is 0 Å². The molecule has 0 radical (unpaired) electrons. The third-order valence-electron chi connectivity index (χ3n) is 1.72. The predicted molar refractivity (Wildman–Crippen MR) is 53.1 cm³/mol. The van der Waals surface area contributed by atoms with Crippen LogP contribution in [0.15, 0.2) is 24.3 Å². The molecule has 0 fully saturated rings. The number of carbonyl (C=O) groups is 1. The average molecular weight is 166 g/mol. The van der Waals surface area contributed by atoms with Crippen molar-refractivity contribution in [3.63, 3.8) is 0 Å². The lowest BCUT2D eigenvalue weighted by Crippen LogP contribution is -1.90. The van der Waals surface area contributed by atoms with Gasteiger partial charge in [-0.25, -0.2) is 0 Å². The van der Waals surface area contributed by atoms with Crippen LogP contribution in [0.2, 0.25) is 0 Å². The summed E-state index contributed by atoms with van der Waals surface area (Å²) in [5, 5.41) is 0. The first-order valence-corrected chi connectivity index (χ1v) is 4.51. The first-order chi connectivity index (χ1) is 5.70. The van der Waals surface area contributed by atoms with Crippen LogP contribution in [-0.2, 0) is 4.79 Å². The van der Waals surface area contributed by atoms with Crippen molar-refractivity contribution in [3.05, 3.63) is 24.3 Å². The minimum absolute atomic E-state index is 0.249. The summed E-state index contributed by atoms with van der Waals surface area (Å²) in [6, 6.07) is 0. The summed E-state index contributed by atoms with van der Waals surface area (Å²) in [4.78, 5) is 10.7. The van der Waals surface area contributed by atoms with Crippen LogP contribution in [0.5, 0.6) is 0 Å². The molecule has 0 spiro atoms. The van der Waals surface area contributed by atoms with Gasteiger partial charge in [-0.1, -0.05) is 37.6 Å². The van der Waals surface area contributed by atoms with Gasteiger partial charge in [0, 0.05) is 6.42 Å². The largest absolute Gasteiger partial charge is 0.300 e. The fourth-order valence-corrected chi connectivity index (χ4v) is 0.938. The summed E-state index contributed by atoms with van der Waals surface area (Å²) in [6.07, 6.45) is 7.73. The molecule has 0 aliphatic heterocycles. The predicted octanol–water partition coefficient (Wildman–Crippen LogP) is 3.27. The zero-order chi connectivity index (χ0) is 9.40. The summed E-state index contributed by atoms with van der Waals surface area (Å²) in [5.41, 5.74) is 1.20. The van der Waals surface area contributed by atoms with E-state index in [0.717, 1.165) is 19.3 Å². The number of carbonyl (C=O) groups excluding carboxylic acids is 1. The minimum atomic E-state index is 0.249. The van der Waals surface area contributed by atoms with Gasteiger partial charge in [-0.3, -0.25) is 0 Å². The summed E-state index contributed by atoms with van der Waals surface area (Å²) in [6.45, 7) is 7.48. The summed E-state index contributed by atoms with van der Waals surface area (Å²) in [5.74, 6) is 0.249. The maximum absolute atomic E-state index is 10.7. The van der Waals surface area contributed by atoms with E-state index in [0.29, 0.717) is 6.42 Å². The SMILES string of the molecule is C=C/C(=C\CCC)CCC(C)=O. The highest BCUT2D eigenvalue weighted by Crippen LogP contribution is 2.08. The second-order valence-electron chi connectivity index (χ2n) is 2.97. The number of hydrogen-bond acceptors (Lipinski definition) is 1. The van der Waals surface area contributed by atoms with Gasteiger partial charge in [-0.05, 0) is 19.8 Å². The van der Waals surface area contributed by atoms with Crippen LogP contribution in [0.4, 0.5) is 0 Å². The Bertz CT molecular complexity index is 177. The first-order valence-electron chi connectivity index (χ1n) is 4.51. The molecule has 12 heavy (non-hydrogen) atoms. The average Bonchev–Trinajstić information content (AvgIpc) is 2.05. The highest BCUT2D eigenvalue weighted by Gasteiger charge is 1.95. The van der Waals surface area contributed by atoms with E-state index < -0.39 is 0 Å². The molecule has 0 saturated heterocycles. The van der Waals surface area contributed by atoms with Crippen LogP contribution >= 0.6 is 0 Å². The van der Waals surface area contributed by atoms with Gasteiger partial charge in [0.15, 0.2) is 0 Å². The van der Waals surface area contributed by atoms with Crippen LogP contribution in [0, 0.1) is 0 Å². The molecule has 0 bridgehead atoms. The van der Waals surface area contributed by atoms with Crippen molar-refractivity contribution in [1.29, 1.82) is 0 Å². The zero-order valence-corrected chi connectivity index (χ0v) is 8.10. The second kappa shape index (κ2) is 6.84. The monoisotopic (exact) mass is 166 g/mol. The molecule has 0 atom stereocenters. The molecule has 0 rings (SSSR count). The van der Waals surface area contributed by atoms with Gasteiger partial charge in [0.05, 0.1) is 0 Å². The Morgan fingerprint density at radius 1 is 1.42 bits per heavy atom. The van der Waals surface area contributed by atoms with Crippen LogP contribution in [0.25, 0.3) is 0 Å². The summed E-state index contributed by atoms with van der Waals surface area (Å²) < 4.78 is 0. The molecule has 0 N–H and O–H groups in total. The van der Waals surface area contributed by atoms with Gasteiger partial charge in [0.2, 0.25) is 0 Å². The minimum Gasteiger partial charge on any atom is -0.300 e. The quantitative estimate of drug-likeness (QED) is 0.553. The van der Waals surface area contributed by atoms with Gasteiger partial charge in [-0.15, -0.1) is 0 Å². The Balaban J connectivity index is 3.82. The molecule has 0 saturated carbocycles. The van der Waals surface area contributed by atoms with Crippen molar-refractivity contribution < 1.29 is 4.79 Å². The maximum atomic E-state index is 10.7. The Hall–Kier alpha value is -0.850. The smallest absolute Gasteiger partial charge is 0.130 e.